The van der Waals surface area contributed by atoms with E-state index in [-0.39, 0.29) is 12.0 Å². The second kappa shape index (κ2) is 1.95. The zero-order valence-electron chi connectivity index (χ0n) is 5.93. The Morgan fingerprint density at radius 2 is 2.40 bits per heavy atom. The van der Waals surface area contributed by atoms with Crippen molar-refractivity contribution in [1.29, 1.82) is 0 Å². The molecule has 10 heavy (non-hydrogen) atoms. The molecule has 0 bridgehead atoms. The van der Waals surface area contributed by atoms with Gasteiger partial charge in [-0.2, -0.15) is 0 Å². The second-order valence-electron chi connectivity index (χ2n) is 3.10. The van der Waals surface area contributed by atoms with Gasteiger partial charge in [0.1, 0.15) is 5.84 Å². The van der Waals surface area contributed by atoms with E-state index in [1.54, 1.807) is 0 Å². The summed E-state index contributed by atoms with van der Waals surface area (Å²) in [5, 5.41) is 12.2. The van der Waals surface area contributed by atoms with E-state index in [1.807, 2.05) is 0 Å². The summed E-state index contributed by atoms with van der Waals surface area (Å²) in [5.41, 5.74) is 0.0660. The minimum atomic E-state index is 0.0660. The van der Waals surface area contributed by atoms with Crippen molar-refractivity contribution in [3.05, 3.63) is 0 Å². The van der Waals surface area contributed by atoms with Crippen LogP contribution in [-0.4, -0.2) is 30.6 Å². The fourth-order valence-corrected chi connectivity index (χ4v) is 1.37. The number of hydrogen-bond donors (Lipinski definition) is 2. The van der Waals surface area contributed by atoms with E-state index in [0.717, 1.165) is 31.8 Å². The van der Waals surface area contributed by atoms with Gasteiger partial charge in [-0.25, -0.2) is 0 Å². The lowest BCUT2D eigenvalue weighted by molar-refractivity contribution is 0.250. The van der Waals surface area contributed by atoms with Gasteiger partial charge in [-0.3, -0.25) is 4.99 Å². The largest absolute Gasteiger partial charge is 0.395 e. The van der Waals surface area contributed by atoms with Crippen LogP contribution in [0.5, 0.6) is 0 Å². The molecule has 2 aliphatic rings. The van der Waals surface area contributed by atoms with Gasteiger partial charge in [0.25, 0.3) is 0 Å². The van der Waals surface area contributed by atoms with Crippen molar-refractivity contribution in [3.63, 3.8) is 0 Å². The molecule has 0 spiro atoms. The molecule has 56 valence electrons. The summed E-state index contributed by atoms with van der Waals surface area (Å²) < 4.78 is 0. The van der Waals surface area contributed by atoms with Crippen LogP contribution in [0.1, 0.15) is 12.8 Å². The molecule has 3 nitrogen and oxygen atoms in total. The molecule has 1 heterocycles. The number of nitrogens with zero attached hydrogens (tertiary/aromatic N) is 1. The lowest BCUT2D eigenvalue weighted by Crippen LogP contribution is -2.30. The van der Waals surface area contributed by atoms with Gasteiger partial charge in [0, 0.05) is 6.54 Å². The van der Waals surface area contributed by atoms with E-state index < -0.39 is 0 Å². The summed E-state index contributed by atoms with van der Waals surface area (Å²) in [5.74, 6) is 1.05. The highest BCUT2D eigenvalue weighted by Crippen LogP contribution is 2.46. The molecule has 0 aromatic carbocycles. The first-order chi connectivity index (χ1) is 4.87. The number of aliphatic hydroxyl groups excluding tert-OH is 1. The first-order valence-corrected chi connectivity index (χ1v) is 3.77. The molecule has 3 heteroatoms. The van der Waals surface area contributed by atoms with Gasteiger partial charge in [0.05, 0.1) is 18.6 Å². The van der Waals surface area contributed by atoms with Crippen molar-refractivity contribution >= 4 is 5.84 Å². The SMILES string of the molecule is OCC1(C2=NCCN2)CC1. The maximum atomic E-state index is 9.00. The number of aliphatic imine (C=N–C) groups is 1. The number of nitrogens with one attached hydrogen (secondary N) is 1. The number of amidine groups is 1. The van der Waals surface area contributed by atoms with Gasteiger partial charge in [-0.05, 0) is 12.8 Å². The van der Waals surface area contributed by atoms with Gasteiger partial charge >= 0.3 is 0 Å². The molecule has 0 unspecified atom stereocenters. The molecule has 1 saturated carbocycles. The van der Waals surface area contributed by atoms with E-state index >= 15 is 0 Å². The molecule has 0 aromatic rings. The highest BCUT2D eigenvalue weighted by Gasteiger charge is 2.47. The summed E-state index contributed by atoms with van der Waals surface area (Å²) in [6.45, 7) is 2.10. The van der Waals surface area contributed by atoms with Crippen LogP contribution in [0.4, 0.5) is 0 Å². The molecule has 1 aliphatic carbocycles. The van der Waals surface area contributed by atoms with Crippen LogP contribution in [0.25, 0.3) is 0 Å². The fraction of sp³-hybridized carbons (Fsp3) is 0.857. The Labute approximate surface area is 60.2 Å². The van der Waals surface area contributed by atoms with Gasteiger partial charge in [0.15, 0.2) is 0 Å². The summed E-state index contributed by atoms with van der Waals surface area (Å²) in [6.07, 6.45) is 2.21. The standard InChI is InChI=1S/C7H12N2O/c10-5-7(1-2-7)6-8-3-4-9-6/h10H,1-5H2,(H,8,9). The normalized spacial score (nSPS) is 27.5. The lowest BCUT2D eigenvalue weighted by atomic mass is 10.1. The van der Waals surface area contributed by atoms with Crippen molar-refractivity contribution in [1.82, 2.24) is 5.32 Å². The Morgan fingerprint density at radius 3 is 2.80 bits per heavy atom. The Bertz CT molecular complexity index is 172. The third kappa shape index (κ3) is 0.736. The van der Waals surface area contributed by atoms with Crippen molar-refractivity contribution in [2.75, 3.05) is 19.7 Å². The lowest BCUT2D eigenvalue weighted by Gasteiger charge is -2.10. The Kier molecular flexibility index (Phi) is 1.20. The molecular formula is C7H12N2O. The molecular weight excluding hydrogens is 128 g/mol. The molecule has 0 aromatic heterocycles. The van der Waals surface area contributed by atoms with Crippen LogP contribution in [0.2, 0.25) is 0 Å². The predicted octanol–water partition coefficient (Wildman–Crippen LogP) is -0.239. The zero-order chi connectivity index (χ0) is 7.03. The minimum absolute atomic E-state index is 0.0660. The summed E-state index contributed by atoms with van der Waals surface area (Å²) in [7, 11) is 0. The third-order valence-electron chi connectivity index (χ3n) is 2.33. The molecule has 2 N–H and O–H groups in total. The summed E-state index contributed by atoms with van der Waals surface area (Å²) >= 11 is 0. The molecule has 0 radical (unpaired) electrons. The van der Waals surface area contributed by atoms with Crippen molar-refractivity contribution in [2.24, 2.45) is 10.4 Å². The Hall–Kier alpha value is -0.570. The smallest absolute Gasteiger partial charge is 0.105 e. The van der Waals surface area contributed by atoms with Crippen LogP contribution in [0.15, 0.2) is 4.99 Å². The van der Waals surface area contributed by atoms with E-state index in [0.29, 0.717) is 0 Å². The molecule has 1 aliphatic heterocycles. The zero-order valence-corrected chi connectivity index (χ0v) is 5.93. The van der Waals surface area contributed by atoms with Gasteiger partial charge in [0.2, 0.25) is 0 Å². The highest BCUT2D eigenvalue weighted by atomic mass is 16.3. The van der Waals surface area contributed by atoms with Crippen molar-refractivity contribution < 1.29 is 5.11 Å². The molecule has 0 atom stereocenters. The maximum absolute atomic E-state index is 9.00. The van der Waals surface area contributed by atoms with E-state index in [4.69, 9.17) is 5.11 Å². The predicted molar refractivity (Wildman–Crippen MR) is 39.1 cm³/mol. The Morgan fingerprint density at radius 1 is 1.60 bits per heavy atom. The topological polar surface area (TPSA) is 44.6 Å². The first-order valence-electron chi connectivity index (χ1n) is 3.77. The van der Waals surface area contributed by atoms with Crippen LogP contribution >= 0.6 is 0 Å². The first kappa shape index (κ1) is 6.16. The molecule has 2 rings (SSSR count). The molecule has 0 amide bonds. The number of hydrogen-bond acceptors (Lipinski definition) is 3. The van der Waals surface area contributed by atoms with Gasteiger partial charge < -0.3 is 10.4 Å². The van der Waals surface area contributed by atoms with E-state index in [1.165, 1.54) is 0 Å². The van der Waals surface area contributed by atoms with E-state index in [2.05, 4.69) is 10.3 Å². The van der Waals surface area contributed by atoms with Crippen molar-refractivity contribution in [2.45, 2.75) is 12.8 Å². The number of aliphatic hydroxyl groups is 1. The molecule has 1 fully saturated rings. The highest BCUT2D eigenvalue weighted by molar-refractivity contribution is 5.91. The number of rotatable bonds is 2. The van der Waals surface area contributed by atoms with E-state index in [9.17, 15) is 0 Å². The average Bonchev–Trinajstić information content (AvgIpc) is 2.58. The summed E-state index contributed by atoms with van der Waals surface area (Å²) in [6, 6.07) is 0. The minimum Gasteiger partial charge on any atom is -0.395 e. The van der Waals surface area contributed by atoms with Crippen LogP contribution < -0.4 is 5.32 Å². The monoisotopic (exact) mass is 140 g/mol. The average molecular weight is 140 g/mol. The molecule has 0 saturated heterocycles. The summed E-state index contributed by atoms with van der Waals surface area (Å²) in [4.78, 5) is 4.29. The maximum Gasteiger partial charge on any atom is 0.105 e. The quantitative estimate of drug-likeness (QED) is 0.556. The third-order valence-corrected chi connectivity index (χ3v) is 2.33. The van der Waals surface area contributed by atoms with Crippen LogP contribution in [0, 0.1) is 5.41 Å². The van der Waals surface area contributed by atoms with Crippen molar-refractivity contribution in [3.8, 4) is 0 Å². The fourth-order valence-electron chi connectivity index (χ4n) is 1.37. The van der Waals surface area contributed by atoms with Gasteiger partial charge in [-0.1, -0.05) is 0 Å². The van der Waals surface area contributed by atoms with Gasteiger partial charge in [-0.15, -0.1) is 0 Å². The second-order valence-corrected chi connectivity index (χ2v) is 3.10. The van der Waals surface area contributed by atoms with Crippen LogP contribution in [0.3, 0.4) is 0 Å². The Balaban J connectivity index is 2.10. The van der Waals surface area contributed by atoms with Crippen LogP contribution in [-0.2, 0) is 0 Å².